The summed E-state index contributed by atoms with van der Waals surface area (Å²) in [7, 11) is 1.64. The highest BCUT2D eigenvalue weighted by Crippen LogP contribution is 2.39. The summed E-state index contributed by atoms with van der Waals surface area (Å²) in [4.78, 5) is 15.0. The van der Waals surface area contributed by atoms with Gasteiger partial charge in [-0.1, -0.05) is 77.5 Å². The van der Waals surface area contributed by atoms with Gasteiger partial charge in [0.25, 0.3) is 5.91 Å². The Balaban J connectivity index is 1.76. The number of benzene rings is 3. The molecule has 1 saturated heterocycles. The largest absolute Gasteiger partial charge is 0.496 e. The van der Waals surface area contributed by atoms with E-state index < -0.39 is 0 Å². The van der Waals surface area contributed by atoms with E-state index in [1.807, 2.05) is 42.5 Å². The SMILES string of the molecule is COc1ccc(/C=C2\SC(=S)N(c3ccc(Cl)c(Cl)c3)C2=O)c2ccccc12. The molecule has 3 aromatic rings. The maximum absolute atomic E-state index is 13.0. The number of carbonyl (C=O) groups excluding carboxylic acids is 1. The Morgan fingerprint density at radius 3 is 2.50 bits per heavy atom. The number of fused-ring (bicyclic) bond motifs is 1. The van der Waals surface area contributed by atoms with Gasteiger partial charge >= 0.3 is 0 Å². The number of rotatable bonds is 3. The van der Waals surface area contributed by atoms with Gasteiger partial charge in [0.2, 0.25) is 0 Å². The first-order chi connectivity index (χ1) is 13.5. The molecule has 0 atom stereocenters. The highest BCUT2D eigenvalue weighted by Gasteiger charge is 2.33. The molecule has 0 bridgehead atoms. The van der Waals surface area contributed by atoms with Gasteiger partial charge in [-0.2, -0.15) is 0 Å². The molecule has 0 saturated carbocycles. The van der Waals surface area contributed by atoms with Crippen LogP contribution in [0.1, 0.15) is 5.56 Å². The van der Waals surface area contributed by atoms with Crippen molar-refractivity contribution >= 4 is 79.9 Å². The van der Waals surface area contributed by atoms with E-state index >= 15 is 0 Å². The molecule has 0 aliphatic carbocycles. The van der Waals surface area contributed by atoms with Crippen molar-refractivity contribution in [2.45, 2.75) is 0 Å². The monoisotopic (exact) mass is 445 g/mol. The molecule has 1 aliphatic heterocycles. The van der Waals surface area contributed by atoms with Gasteiger partial charge in [-0.25, -0.2) is 0 Å². The fraction of sp³-hybridized carbons (Fsp3) is 0.0476. The fourth-order valence-corrected chi connectivity index (χ4v) is 4.64. The van der Waals surface area contributed by atoms with Crippen molar-refractivity contribution in [3.63, 3.8) is 0 Å². The van der Waals surface area contributed by atoms with Crippen molar-refractivity contribution in [2.24, 2.45) is 0 Å². The third-order valence-electron chi connectivity index (χ3n) is 4.38. The molecular formula is C21H13Cl2NO2S2. The summed E-state index contributed by atoms with van der Waals surface area (Å²) in [5.74, 6) is 0.601. The number of methoxy groups -OCH3 is 1. The molecule has 4 rings (SSSR count). The van der Waals surface area contributed by atoms with Crippen LogP contribution in [0.25, 0.3) is 16.8 Å². The summed E-state index contributed by atoms with van der Waals surface area (Å²) in [6.45, 7) is 0. The zero-order valence-electron chi connectivity index (χ0n) is 14.6. The van der Waals surface area contributed by atoms with Gasteiger partial charge in [0.15, 0.2) is 4.32 Å². The normalized spacial score (nSPS) is 15.7. The Kier molecular flexibility index (Phi) is 5.34. The number of carbonyl (C=O) groups is 1. The van der Waals surface area contributed by atoms with Gasteiger partial charge in [-0.15, -0.1) is 0 Å². The predicted molar refractivity (Wildman–Crippen MR) is 123 cm³/mol. The number of amides is 1. The quantitative estimate of drug-likeness (QED) is 0.337. The number of halogens is 2. The van der Waals surface area contributed by atoms with E-state index in [4.69, 9.17) is 40.2 Å². The van der Waals surface area contributed by atoms with Gasteiger partial charge < -0.3 is 4.74 Å². The second kappa shape index (κ2) is 7.76. The number of anilines is 1. The molecule has 7 heteroatoms. The number of nitrogens with zero attached hydrogens (tertiary/aromatic N) is 1. The maximum Gasteiger partial charge on any atom is 0.270 e. The lowest BCUT2D eigenvalue weighted by Crippen LogP contribution is -2.27. The molecule has 3 nitrogen and oxygen atoms in total. The highest BCUT2D eigenvalue weighted by molar-refractivity contribution is 8.27. The summed E-state index contributed by atoms with van der Waals surface area (Å²) < 4.78 is 5.89. The first kappa shape index (κ1) is 19.3. The topological polar surface area (TPSA) is 29.5 Å². The van der Waals surface area contributed by atoms with Crippen molar-refractivity contribution < 1.29 is 9.53 Å². The van der Waals surface area contributed by atoms with Gasteiger partial charge in [0.1, 0.15) is 5.75 Å². The molecule has 0 aromatic heterocycles. The molecule has 0 radical (unpaired) electrons. The molecule has 0 unspecified atom stereocenters. The van der Waals surface area contributed by atoms with Crippen LogP contribution in [0.3, 0.4) is 0 Å². The Labute approximate surface area is 181 Å². The highest BCUT2D eigenvalue weighted by atomic mass is 35.5. The summed E-state index contributed by atoms with van der Waals surface area (Å²) in [6.07, 6.45) is 1.86. The number of thiocarbonyl (C=S) groups is 1. The molecule has 1 amide bonds. The summed E-state index contributed by atoms with van der Waals surface area (Å²) in [5.41, 5.74) is 1.52. The van der Waals surface area contributed by atoms with E-state index in [0.29, 0.717) is 25.0 Å². The lowest BCUT2D eigenvalue weighted by molar-refractivity contribution is -0.113. The van der Waals surface area contributed by atoms with Crippen LogP contribution in [0.4, 0.5) is 5.69 Å². The second-order valence-electron chi connectivity index (χ2n) is 6.02. The lowest BCUT2D eigenvalue weighted by atomic mass is 10.0. The molecular weight excluding hydrogens is 433 g/mol. The zero-order valence-corrected chi connectivity index (χ0v) is 17.8. The zero-order chi connectivity index (χ0) is 19.8. The van der Waals surface area contributed by atoms with E-state index in [2.05, 4.69) is 0 Å². The number of thioether (sulfide) groups is 1. The van der Waals surface area contributed by atoms with Crippen molar-refractivity contribution in [2.75, 3.05) is 12.0 Å². The molecule has 1 heterocycles. The second-order valence-corrected chi connectivity index (χ2v) is 8.51. The van der Waals surface area contributed by atoms with Crippen molar-refractivity contribution in [1.29, 1.82) is 0 Å². The van der Waals surface area contributed by atoms with Crippen molar-refractivity contribution in [3.05, 3.63) is 75.1 Å². The standard InChI is InChI=1S/C21H13Cl2NO2S2/c1-26-18-9-6-12(14-4-2-3-5-15(14)18)10-19-20(25)24(21(27)28-19)13-7-8-16(22)17(23)11-13/h2-11H,1H3/b19-10-. The Bertz CT molecular complexity index is 1160. The fourth-order valence-electron chi connectivity index (χ4n) is 3.05. The van der Waals surface area contributed by atoms with Gasteiger partial charge in [0, 0.05) is 5.39 Å². The first-order valence-electron chi connectivity index (χ1n) is 8.28. The van der Waals surface area contributed by atoms with Crippen molar-refractivity contribution in [1.82, 2.24) is 0 Å². The van der Waals surface area contributed by atoms with Gasteiger partial charge in [-0.05, 0) is 41.3 Å². The van der Waals surface area contributed by atoms with Crippen molar-refractivity contribution in [3.8, 4) is 5.75 Å². The van der Waals surface area contributed by atoms with E-state index in [1.54, 1.807) is 25.3 Å². The number of hydrogen-bond donors (Lipinski definition) is 0. The van der Waals surface area contributed by atoms with E-state index in [0.717, 1.165) is 22.1 Å². The Morgan fingerprint density at radius 2 is 1.79 bits per heavy atom. The predicted octanol–water partition coefficient (Wildman–Crippen LogP) is 6.56. The van der Waals surface area contributed by atoms with Gasteiger partial charge in [0.05, 0.1) is 27.7 Å². The van der Waals surface area contributed by atoms with E-state index in [9.17, 15) is 4.79 Å². The molecule has 0 N–H and O–H groups in total. The molecule has 1 fully saturated rings. The van der Waals surface area contributed by atoms with E-state index in [1.165, 1.54) is 16.7 Å². The Morgan fingerprint density at radius 1 is 1.04 bits per heavy atom. The van der Waals surface area contributed by atoms with Crippen LogP contribution < -0.4 is 9.64 Å². The third kappa shape index (κ3) is 3.40. The lowest BCUT2D eigenvalue weighted by Gasteiger charge is -2.15. The minimum absolute atomic E-state index is 0.187. The minimum atomic E-state index is -0.187. The number of hydrogen-bond acceptors (Lipinski definition) is 4. The molecule has 28 heavy (non-hydrogen) atoms. The van der Waals surface area contributed by atoms with Crippen LogP contribution in [0.5, 0.6) is 5.75 Å². The average molecular weight is 446 g/mol. The maximum atomic E-state index is 13.0. The first-order valence-corrected chi connectivity index (χ1v) is 10.3. The average Bonchev–Trinajstić information content (AvgIpc) is 2.97. The van der Waals surface area contributed by atoms with Crippen LogP contribution in [-0.2, 0) is 4.79 Å². The third-order valence-corrected chi connectivity index (χ3v) is 6.42. The summed E-state index contributed by atoms with van der Waals surface area (Å²) in [5, 5.41) is 2.79. The molecule has 1 aliphatic rings. The molecule has 3 aromatic carbocycles. The van der Waals surface area contributed by atoms with Crippen LogP contribution in [0.2, 0.25) is 10.0 Å². The number of ether oxygens (including phenoxy) is 1. The smallest absolute Gasteiger partial charge is 0.270 e. The van der Waals surface area contributed by atoms with Crippen LogP contribution >= 0.6 is 47.2 Å². The van der Waals surface area contributed by atoms with E-state index in [-0.39, 0.29) is 5.91 Å². The molecule has 0 spiro atoms. The minimum Gasteiger partial charge on any atom is -0.496 e. The Hall–Kier alpha value is -2.05. The summed E-state index contributed by atoms with van der Waals surface area (Å²) in [6, 6.07) is 16.8. The summed E-state index contributed by atoms with van der Waals surface area (Å²) >= 11 is 18.8. The van der Waals surface area contributed by atoms with Crippen LogP contribution in [0.15, 0.2) is 59.5 Å². The van der Waals surface area contributed by atoms with Crippen LogP contribution in [0, 0.1) is 0 Å². The van der Waals surface area contributed by atoms with Gasteiger partial charge in [-0.3, -0.25) is 9.69 Å². The van der Waals surface area contributed by atoms with Crippen LogP contribution in [-0.4, -0.2) is 17.3 Å². The molecule has 140 valence electrons.